The molecule has 0 spiro atoms. The quantitative estimate of drug-likeness (QED) is 0.747. The summed E-state index contributed by atoms with van der Waals surface area (Å²) < 4.78 is 4.48. The van der Waals surface area contributed by atoms with E-state index in [0.717, 1.165) is 11.8 Å². The van der Waals surface area contributed by atoms with E-state index in [1.807, 2.05) is 12.1 Å². The topological polar surface area (TPSA) is 103 Å². The Hall–Kier alpha value is -1.99. The maximum Gasteiger partial charge on any atom is 0.316 e. The number of rotatable bonds is 3. The molecule has 94 valence electrons. The van der Waals surface area contributed by atoms with Crippen molar-refractivity contribution in [1.29, 1.82) is 10.5 Å². The molecule has 1 aliphatic rings. The molecule has 1 rings (SSSR count). The maximum absolute atomic E-state index is 11.6. The second-order valence-electron chi connectivity index (χ2n) is 3.60. The Bertz CT molecular complexity index is 487. The van der Waals surface area contributed by atoms with Crippen molar-refractivity contribution in [2.75, 3.05) is 12.9 Å². The SMILES string of the molecule is COC(=O)CSC1=C(C#N)C(C)C(C#N)C(=O)N1. The highest BCUT2D eigenvalue weighted by atomic mass is 32.2. The van der Waals surface area contributed by atoms with Gasteiger partial charge in [-0.15, -0.1) is 0 Å². The molecule has 2 atom stereocenters. The number of hydrogen-bond donors (Lipinski definition) is 1. The average molecular weight is 265 g/mol. The van der Waals surface area contributed by atoms with Gasteiger partial charge in [0.2, 0.25) is 5.91 Å². The van der Waals surface area contributed by atoms with Gasteiger partial charge in [-0.1, -0.05) is 18.7 Å². The van der Waals surface area contributed by atoms with Gasteiger partial charge in [0.25, 0.3) is 0 Å². The van der Waals surface area contributed by atoms with Crippen LogP contribution in [0.1, 0.15) is 6.92 Å². The maximum atomic E-state index is 11.6. The third-order valence-electron chi connectivity index (χ3n) is 2.54. The first-order chi connectivity index (χ1) is 8.54. The van der Waals surface area contributed by atoms with Crippen LogP contribution in [0, 0.1) is 34.5 Å². The lowest BCUT2D eigenvalue weighted by Crippen LogP contribution is -2.39. The number of amides is 1. The molecule has 2 unspecified atom stereocenters. The molecule has 0 radical (unpaired) electrons. The normalized spacial score (nSPS) is 22.8. The highest BCUT2D eigenvalue weighted by molar-refractivity contribution is 8.03. The molecule has 0 fully saturated rings. The predicted molar refractivity (Wildman–Crippen MR) is 63.5 cm³/mol. The summed E-state index contributed by atoms with van der Waals surface area (Å²) in [6.45, 7) is 1.64. The van der Waals surface area contributed by atoms with Gasteiger partial charge in [-0.05, 0) is 0 Å². The van der Waals surface area contributed by atoms with Gasteiger partial charge < -0.3 is 10.1 Å². The van der Waals surface area contributed by atoms with Gasteiger partial charge in [0.05, 0.1) is 35.6 Å². The van der Waals surface area contributed by atoms with E-state index in [9.17, 15) is 9.59 Å². The minimum absolute atomic E-state index is 0.00122. The Morgan fingerprint density at radius 3 is 2.72 bits per heavy atom. The van der Waals surface area contributed by atoms with E-state index in [0.29, 0.717) is 10.6 Å². The molecule has 0 aromatic rings. The largest absolute Gasteiger partial charge is 0.468 e. The minimum atomic E-state index is -0.873. The number of allylic oxidation sites excluding steroid dienone is 1. The van der Waals surface area contributed by atoms with E-state index in [1.165, 1.54) is 7.11 Å². The highest BCUT2D eigenvalue weighted by Gasteiger charge is 2.35. The molecular formula is C11H11N3O3S. The Kier molecular flexibility index (Phi) is 4.75. The Labute approximate surface area is 109 Å². The number of nitriles is 2. The number of ether oxygens (including phenoxy) is 1. The summed E-state index contributed by atoms with van der Waals surface area (Å²) in [7, 11) is 1.26. The fourth-order valence-corrected chi connectivity index (χ4v) is 2.42. The number of hydrogen-bond acceptors (Lipinski definition) is 6. The molecule has 0 saturated carbocycles. The zero-order valence-electron chi connectivity index (χ0n) is 9.89. The smallest absolute Gasteiger partial charge is 0.316 e. The average Bonchev–Trinajstić information content (AvgIpc) is 2.36. The molecule has 0 aromatic carbocycles. The van der Waals surface area contributed by atoms with E-state index < -0.39 is 23.7 Å². The van der Waals surface area contributed by atoms with Crippen LogP contribution in [0.25, 0.3) is 0 Å². The van der Waals surface area contributed by atoms with Crippen molar-refractivity contribution in [3.05, 3.63) is 10.6 Å². The van der Waals surface area contributed by atoms with E-state index in [1.54, 1.807) is 6.92 Å². The number of thioether (sulfide) groups is 1. The van der Waals surface area contributed by atoms with Gasteiger partial charge in [-0.3, -0.25) is 9.59 Å². The van der Waals surface area contributed by atoms with Crippen LogP contribution in [0.4, 0.5) is 0 Å². The minimum Gasteiger partial charge on any atom is -0.468 e. The molecule has 1 aliphatic heterocycles. The summed E-state index contributed by atoms with van der Waals surface area (Å²) in [5.41, 5.74) is 0.315. The van der Waals surface area contributed by atoms with E-state index in [2.05, 4.69) is 10.1 Å². The van der Waals surface area contributed by atoms with E-state index >= 15 is 0 Å². The van der Waals surface area contributed by atoms with Crippen LogP contribution in [-0.2, 0) is 14.3 Å². The molecule has 1 N–H and O–H groups in total. The first-order valence-electron chi connectivity index (χ1n) is 5.09. The van der Waals surface area contributed by atoms with Crippen molar-refractivity contribution in [1.82, 2.24) is 5.32 Å². The number of esters is 1. The molecule has 1 amide bonds. The van der Waals surface area contributed by atoms with Crippen LogP contribution >= 0.6 is 11.8 Å². The number of nitrogens with one attached hydrogen (secondary N) is 1. The second-order valence-corrected chi connectivity index (χ2v) is 4.59. The van der Waals surface area contributed by atoms with Crippen molar-refractivity contribution in [2.45, 2.75) is 6.92 Å². The van der Waals surface area contributed by atoms with E-state index in [4.69, 9.17) is 10.5 Å². The van der Waals surface area contributed by atoms with Gasteiger partial charge in [0.15, 0.2) is 0 Å². The Morgan fingerprint density at radius 1 is 1.56 bits per heavy atom. The fraction of sp³-hybridized carbons (Fsp3) is 0.455. The summed E-state index contributed by atoms with van der Waals surface area (Å²) in [6.07, 6.45) is 0. The number of nitrogens with zero attached hydrogens (tertiary/aromatic N) is 2. The first kappa shape index (κ1) is 14.1. The van der Waals surface area contributed by atoms with Crippen molar-refractivity contribution >= 4 is 23.6 Å². The lowest BCUT2D eigenvalue weighted by atomic mass is 9.86. The van der Waals surface area contributed by atoms with Crippen molar-refractivity contribution in [3.8, 4) is 12.1 Å². The van der Waals surface area contributed by atoms with Gasteiger partial charge in [-0.2, -0.15) is 10.5 Å². The second kappa shape index (κ2) is 6.08. The standard InChI is InChI=1S/C11H11N3O3S/c1-6-7(3-12)10(16)14-11(8(6)4-13)18-5-9(15)17-2/h6-7H,5H2,1-2H3,(H,14,16). The van der Waals surface area contributed by atoms with Crippen molar-refractivity contribution < 1.29 is 14.3 Å². The Balaban J connectivity index is 2.94. The van der Waals surface area contributed by atoms with Crippen LogP contribution in [-0.4, -0.2) is 24.7 Å². The van der Waals surface area contributed by atoms with Gasteiger partial charge >= 0.3 is 5.97 Å². The summed E-state index contributed by atoms with van der Waals surface area (Å²) in [5, 5.41) is 20.7. The third kappa shape index (κ3) is 2.82. The molecule has 0 saturated heterocycles. The van der Waals surface area contributed by atoms with Crippen LogP contribution in [0.2, 0.25) is 0 Å². The summed E-state index contributed by atoms with van der Waals surface area (Å²) in [6, 6.07) is 3.84. The number of carbonyl (C=O) groups excluding carboxylic acids is 2. The van der Waals surface area contributed by atoms with Crippen LogP contribution < -0.4 is 5.32 Å². The molecule has 0 aliphatic carbocycles. The first-order valence-corrected chi connectivity index (χ1v) is 6.08. The van der Waals surface area contributed by atoms with Crippen molar-refractivity contribution in [2.24, 2.45) is 11.8 Å². The number of methoxy groups -OCH3 is 1. The van der Waals surface area contributed by atoms with Gasteiger partial charge in [0.1, 0.15) is 5.92 Å². The van der Waals surface area contributed by atoms with Crippen LogP contribution in [0.15, 0.2) is 10.6 Å². The van der Waals surface area contributed by atoms with E-state index in [-0.39, 0.29) is 5.75 Å². The lowest BCUT2D eigenvalue weighted by molar-refractivity contribution is -0.137. The highest BCUT2D eigenvalue weighted by Crippen LogP contribution is 2.31. The molecular weight excluding hydrogens is 254 g/mol. The molecule has 0 bridgehead atoms. The molecule has 7 heteroatoms. The Morgan fingerprint density at radius 2 is 2.22 bits per heavy atom. The molecule has 6 nitrogen and oxygen atoms in total. The summed E-state index contributed by atoms with van der Waals surface area (Å²) in [4.78, 5) is 22.6. The molecule has 18 heavy (non-hydrogen) atoms. The van der Waals surface area contributed by atoms with Crippen LogP contribution in [0.5, 0.6) is 0 Å². The summed E-state index contributed by atoms with van der Waals surface area (Å²) >= 11 is 1.02. The molecule has 0 aromatic heterocycles. The zero-order valence-corrected chi connectivity index (χ0v) is 10.7. The third-order valence-corrected chi connectivity index (χ3v) is 3.53. The lowest BCUT2D eigenvalue weighted by Gasteiger charge is -2.25. The molecule has 1 heterocycles. The monoisotopic (exact) mass is 265 g/mol. The van der Waals surface area contributed by atoms with Crippen molar-refractivity contribution in [3.63, 3.8) is 0 Å². The van der Waals surface area contributed by atoms with Gasteiger partial charge in [0, 0.05) is 5.92 Å². The fourth-order valence-electron chi connectivity index (χ4n) is 1.48. The zero-order chi connectivity index (χ0) is 13.7. The van der Waals surface area contributed by atoms with Gasteiger partial charge in [-0.25, -0.2) is 0 Å². The number of carbonyl (C=O) groups is 2. The van der Waals surface area contributed by atoms with Crippen LogP contribution in [0.3, 0.4) is 0 Å². The summed E-state index contributed by atoms with van der Waals surface area (Å²) in [5.74, 6) is -2.25. The predicted octanol–water partition coefficient (Wildman–Crippen LogP) is 0.533.